The Labute approximate surface area is 203 Å². The Hall–Kier alpha value is -4.00. The van der Waals surface area contributed by atoms with Gasteiger partial charge in [-0.1, -0.05) is 30.4 Å². The fourth-order valence-corrected chi connectivity index (χ4v) is 4.61. The van der Waals surface area contributed by atoms with E-state index in [1.54, 1.807) is 12.1 Å². The maximum atomic E-state index is 13.6. The second-order valence-corrected chi connectivity index (χ2v) is 9.43. The third-order valence-electron chi connectivity index (χ3n) is 6.46. The molecule has 2 N–H and O–H groups in total. The van der Waals surface area contributed by atoms with Gasteiger partial charge in [0.25, 0.3) is 5.91 Å². The zero-order valence-corrected chi connectivity index (χ0v) is 19.8. The van der Waals surface area contributed by atoms with Crippen LogP contribution in [0, 0.1) is 12.7 Å². The van der Waals surface area contributed by atoms with E-state index in [-0.39, 0.29) is 11.7 Å². The highest BCUT2D eigenvalue weighted by molar-refractivity contribution is 5.95. The highest BCUT2D eigenvalue weighted by Crippen LogP contribution is 2.33. The van der Waals surface area contributed by atoms with E-state index >= 15 is 0 Å². The van der Waals surface area contributed by atoms with E-state index in [2.05, 4.69) is 10.2 Å². The second-order valence-electron chi connectivity index (χ2n) is 9.43. The van der Waals surface area contributed by atoms with Crippen molar-refractivity contribution in [2.24, 2.45) is 0 Å². The first-order valence-corrected chi connectivity index (χ1v) is 11.7. The van der Waals surface area contributed by atoms with Gasteiger partial charge in [-0.3, -0.25) is 4.79 Å². The van der Waals surface area contributed by atoms with E-state index in [0.717, 1.165) is 28.7 Å². The Bertz CT molecular complexity index is 1410. The number of anilines is 1. The minimum absolute atomic E-state index is 0.130. The number of hydrogen-bond donors (Lipinski definition) is 2. The Morgan fingerprint density at radius 3 is 2.80 bits per heavy atom. The number of rotatable bonds is 4. The van der Waals surface area contributed by atoms with Crippen LogP contribution in [0.1, 0.15) is 41.5 Å². The number of nitrogens with zero attached hydrogens (tertiary/aromatic N) is 3. The number of aliphatic hydroxyl groups is 1. The van der Waals surface area contributed by atoms with E-state index in [1.165, 1.54) is 18.2 Å². The van der Waals surface area contributed by atoms with E-state index in [4.69, 9.17) is 9.97 Å². The van der Waals surface area contributed by atoms with Crippen LogP contribution in [-0.2, 0) is 0 Å². The molecule has 1 aliphatic heterocycles. The molecular weight excluding hydrogens is 443 g/mol. The van der Waals surface area contributed by atoms with E-state index in [0.29, 0.717) is 36.5 Å². The summed E-state index contributed by atoms with van der Waals surface area (Å²) in [6.07, 6.45) is 8.81. The molecule has 0 unspecified atom stereocenters. The lowest BCUT2D eigenvalue weighted by atomic mass is 10.0. The Balaban J connectivity index is 1.50. The molecule has 0 spiro atoms. The highest BCUT2D eigenvalue weighted by atomic mass is 19.1. The van der Waals surface area contributed by atoms with Crippen LogP contribution in [0.15, 0.2) is 72.5 Å². The zero-order chi connectivity index (χ0) is 24.6. The number of aryl methyl sites for hydroxylation is 1. The summed E-state index contributed by atoms with van der Waals surface area (Å²) in [6.45, 7) is 5.22. The number of nitrogens with one attached hydrogen (secondary N) is 1. The van der Waals surface area contributed by atoms with Gasteiger partial charge in [0.2, 0.25) is 0 Å². The number of amides is 1. The predicted octanol–water partition coefficient (Wildman–Crippen LogP) is 5.26. The second kappa shape index (κ2) is 8.98. The van der Waals surface area contributed by atoms with Crippen LogP contribution in [0.25, 0.3) is 16.5 Å². The van der Waals surface area contributed by atoms with E-state index < -0.39 is 11.4 Å². The summed E-state index contributed by atoms with van der Waals surface area (Å²) in [5, 5.41) is 14.6. The molecule has 0 bridgehead atoms. The molecule has 0 radical (unpaired) electrons. The molecule has 178 valence electrons. The fourth-order valence-electron chi connectivity index (χ4n) is 4.61. The maximum absolute atomic E-state index is 13.6. The average molecular weight is 471 g/mol. The molecule has 7 heteroatoms. The van der Waals surface area contributed by atoms with Crippen molar-refractivity contribution in [1.82, 2.24) is 15.3 Å². The lowest BCUT2D eigenvalue weighted by molar-refractivity contribution is 0.0913. The number of fused-ring (bicyclic) bond motifs is 1. The fraction of sp³-hybridized carbons (Fsp3) is 0.250. The molecule has 1 aromatic heterocycles. The monoisotopic (exact) mass is 470 g/mol. The molecule has 1 aliphatic carbocycles. The van der Waals surface area contributed by atoms with E-state index in [9.17, 15) is 14.3 Å². The Kier molecular flexibility index (Phi) is 5.84. The molecule has 0 saturated carbocycles. The van der Waals surface area contributed by atoms with Crippen molar-refractivity contribution < 1.29 is 14.3 Å². The first-order valence-electron chi connectivity index (χ1n) is 11.7. The van der Waals surface area contributed by atoms with Gasteiger partial charge >= 0.3 is 0 Å². The van der Waals surface area contributed by atoms with E-state index in [1.807, 2.05) is 50.3 Å². The molecule has 1 amide bonds. The van der Waals surface area contributed by atoms with Crippen LogP contribution < -0.4 is 10.2 Å². The van der Waals surface area contributed by atoms with Crippen molar-refractivity contribution in [3.63, 3.8) is 0 Å². The predicted molar refractivity (Wildman–Crippen MR) is 136 cm³/mol. The minimum atomic E-state index is -0.516. The summed E-state index contributed by atoms with van der Waals surface area (Å²) in [4.78, 5) is 24.6. The third-order valence-corrected chi connectivity index (χ3v) is 6.46. The zero-order valence-electron chi connectivity index (χ0n) is 19.8. The standard InChI is InChI=1S/C28H27FN4O2/c1-18-11-12-21-23(15-18)30-25(22-9-4-3-5-10-24(22)34)31-26(21)33-14-13-28(2,17-33)32-27(35)19-7-6-8-20(29)16-19/h4-12,15-16,34H,3,13-14,17H2,1-2H3,(H,32,35)/t28-/m0/s1. The number of aliphatic hydroxyl groups excluding tert-OH is 1. The molecule has 6 nitrogen and oxygen atoms in total. The number of benzene rings is 2. The smallest absolute Gasteiger partial charge is 0.251 e. The van der Waals surface area contributed by atoms with Crippen LogP contribution in [0.3, 0.4) is 0 Å². The topological polar surface area (TPSA) is 78.4 Å². The summed E-state index contributed by atoms with van der Waals surface area (Å²) >= 11 is 0. The van der Waals surface area contributed by atoms with Gasteiger partial charge in [0, 0.05) is 24.0 Å². The summed E-state index contributed by atoms with van der Waals surface area (Å²) in [5.41, 5.74) is 2.23. The quantitative estimate of drug-likeness (QED) is 0.544. The summed E-state index contributed by atoms with van der Waals surface area (Å²) in [6, 6.07) is 11.8. The van der Waals surface area contributed by atoms with Gasteiger partial charge in [-0.15, -0.1) is 0 Å². The third kappa shape index (κ3) is 4.67. The van der Waals surface area contributed by atoms with Crippen molar-refractivity contribution in [1.29, 1.82) is 0 Å². The minimum Gasteiger partial charge on any atom is -0.507 e. The molecule has 2 aromatic carbocycles. The van der Waals surface area contributed by atoms with Crippen molar-refractivity contribution in [3.8, 4) is 0 Å². The number of carbonyl (C=O) groups is 1. The van der Waals surface area contributed by atoms with Crippen LogP contribution in [0.4, 0.5) is 10.2 Å². The SMILES string of the molecule is Cc1ccc2c(N3CC[C@](C)(NC(=O)c4cccc(F)c4)C3)nc(C3=C(O)C=CCC=C3)nc2c1. The van der Waals surface area contributed by atoms with Crippen LogP contribution in [0.5, 0.6) is 0 Å². The van der Waals surface area contributed by atoms with Gasteiger partial charge in [-0.2, -0.15) is 0 Å². The molecule has 35 heavy (non-hydrogen) atoms. The largest absolute Gasteiger partial charge is 0.507 e. The molecule has 1 saturated heterocycles. The van der Waals surface area contributed by atoms with Gasteiger partial charge in [-0.05, 0) is 68.7 Å². The van der Waals surface area contributed by atoms with Crippen molar-refractivity contribution in [3.05, 3.63) is 95.3 Å². The normalized spacial score (nSPS) is 19.9. The number of halogens is 1. The first-order chi connectivity index (χ1) is 16.8. The molecule has 1 fully saturated rings. The van der Waals surface area contributed by atoms with Crippen LogP contribution >= 0.6 is 0 Å². The van der Waals surface area contributed by atoms with Gasteiger partial charge in [0.15, 0.2) is 5.82 Å². The van der Waals surface area contributed by atoms with Crippen molar-refractivity contribution in [2.45, 2.75) is 32.2 Å². The highest BCUT2D eigenvalue weighted by Gasteiger charge is 2.37. The molecule has 5 rings (SSSR count). The molecule has 2 aliphatic rings. The molecule has 1 atom stereocenters. The van der Waals surface area contributed by atoms with Crippen molar-refractivity contribution in [2.75, 3.05) is 18.0 Å². The number of allylic oxidation sites excluding steroid dienone is 5. The van der Waals surface area contributed by atoms with Crippen LogP contribution in [0.2, 0.25) is 0 Å². The van der Waals surface area contributed by atoms with Gasteiger partial charge in [0.05, 0.1) is 16.6 Å². The van der Waals surface area contributed by atoms with Crippen molar-refractivity contribution >= 4 is 28.2 Å². The number of hydrogen-bond acceptors (Lipinski definition) is 5. The molecule has 2 heterocycles. The number of carbonyl (C=O) groups excluding carboxylic acids is 1. The summed E-state index contributed by atoms with van der Waals surface area (Å²) in [5.74, 6) is 0.603. The summed E-state index contributed by atoms with van der Waals surface area (Å²) in [7, 11) is 0. The van der Waals surface area contributed by atoms with Gasteiger partial charge < -0.3 is 15.3 Å². The Morgan fingerprint density at radius 1 is 1.14 bits per heavy atom. The lowest BCUT2D eigenvalue weighted by Gasteiger charge is -2.27. The van der Waals surface area contributed by atoms with Gasteiger partial charge in [0.1, 0.15) is 17.4 Å². The average Bonchev–Trinajstić information content (AvgIpc) is 3.07. The Morgan fingerprint density at radius 2 is 1.97 bits per heavy atom. The lowest BCUT2D eigenvalue weighted by Crippen LogP contribution is -2.48. The van der Waals surface area contributed by atoms with Crippen LogP contribution in [-0.4, -0.2) is 39.6 Å². The maximum Gasteiger partial charge on any atom is 0.251 e. The summed E-state index contributed by atoms with van der Waals surface area (Å²) < 4.78 is 13.6. The number of aromatic nitrogens is 2. The first kappa shape index (κ1) is 22.8. The molecular formula is C28H27FN4O2. The molecule has 3 aromatic rings. The van der Waals surface area contributed by atoms with Gasteiger partial charge in [-0.25, -0.2) is 14.4 Å².